The Labute approximate surface area is 111 Å². The summed E-state index contributed by atoms with van der Waals surface area (Å²) in [4.78, 5) is 11.9. The molecule has 2 aromatic rings. The Morgan fingerprint density at radius 1 is 1.26 bits per heavy atom. The van der Waals surface area contributed by atoms with Gasteiger partial charge < -0.3 is 4.42 Å². The monoisotopic (exact) mass is 254 g/mol. The minimum absolute atomic E-state index is 0.0309. The maximum atomic E-state index is 11.9. The minimum Gasteiger partial charge on any atom is -0.463 e. The molecule has 1 amide bonds. The van der Waals surface area contributed by atoms with Gasteiger partial charge >= 0.3 is 0 Å². The predicted molar refractivity (Wildman–Crippen MR) is 71.7 cm³/mol. The molecule has 0 bridgehead atoms. The summed E-state index contributed by atoms with van der Waals surface area (Å²) in [5.41, 5.74) is 3.77. The van der Waals surface area contributed by atoms with E-state index in [1.807, 2.05) is 18.2 Å². The Balaban J connectivity index is 1.53. The molecule has 0 saturated heterocycles. The Bertz CT molecular complexity index is 575. The van der Waals surface area contributed by atoms with E-state index in [1.54, 1.807) is 18.4 Å². The molecule has 4 nitrogen and oxygen atoms in total. The molecule has 1 aliphatic carbocycles. The van der Waals surface area contributed by atoms with E-state index in [-0.39, 0.29) is 11.8 Å². The second-order valence-electron chi connectivity index (χ2n) is 4.61. The van der Waals surface area contributed by atoms with Crippen LogP contribution in [0.4, 0.5) is 0 Å². The number of nitrogens with one attached hydrogen (secondary N) is 1. The van der Waals surface area contributed by atoms with Gasteiger partial charge in [0.05, 0.1) is 12.5 Å². The smallest absolute Gasteiger partial charge is 0.243 e. The zero-order valence-corrected chi connectivity index (χ0v) is 10.3. The van der Waals surface area contributed by atoms with E-state index in [0.717, 1.165) is 6.42 Å². The molecule has 1 N–H and O–H groups in total. The van der Waals surface area contributed by atoms with Crippen molar-refractivity contribution < 1.29 is 9.21 Å². The van der Waals surface area contributed by atoms with Crippen LogP contribution in [0.1, 0.15) is 23.7 Å². The second-order valence-corrected chi connectivity index (χ2v) is 4.61. The van der Waals surface area contributed by atoms with Crippen molar-refractivity contribution >= 4 is 12.1 Å². The van der Waals surface area contributed by atoms with Crippen molar-refractivity contribution in [2.75, 3.05) is 0 Å². The summed E-state index contributed by atoms with van der Waals surface area (Å²) >= 11 is 0. The van der Waals surface area contributed by atoms with Gasteiger partial charge in [0.25, 0.3) is 0 Å². The molecule has 19 heavy (non-hydrogen) atoms. The number of furan rings is 1. The van der Waals surface area contributed by atoms with Crippen LogP contribution in [0.2, 0.25) is 0 Å². The molecule has 1 saturated carbocycles. The predicted octanol–water partition coefficient (Wildman–Crippen LogP) is 2.53. The minimum atomic E-state index is -0.0309. The quantitative estimate of drug-likeness (QED) is 0.673. The highest BCUT2D eigenvalue weighted by atomic mass is 16.3. The lowest BCUT2D eigenvalue weighted by molar-refractivity contribution is -0.122. The lowest BCUT2D eigenvalue weighted by Crippen LogP contribution is -2.20. The van der Waals surface area contributed by atoms with Crippen molar-refractivity contribution in [3.05, 3.63) is 60.1 Å². The molecule has 0 radical (unpaired) electrons. The highest BCUT2D eigenvalue weighted by molar-refractivity contribution is 5.84. The van der Waals surface area contributed by atoms with Crippen molar-refractivity contribution in [3.8, 4) is 0 Å². The lowest BCUT2D eigenvalue weighted by Gasteiger charge is -1.99. The van der Waals surface area contributed by atoms with E-state index in [1.165, 1.54) is 11.8 Å². The summed E-state index contributed by atoms with van der Waals surface area (Å²) < 4.78 is 5.08. The van der Waals surface area contributed by atoms with Gasteiger partial charge in [-0.2, -0.15) is 5.10 Å². The van der Waals surface area contributed by atoms with E-state index < -0.39 is 0 Å². The molecule has 1 aromatic heterocycles. The van der Waals surface area contributed by atoms with Crippen LogP contribution in [0.3, 0.4) is 0 Å². The zero-order valence-electron chi connectivity index (χ0n) is 10.3. The molecule has 0 aliphatic heterocycles. The molecule has 3 rings (SSSR count). The van der Waals surface area contributed by atoms with Crippen LogP contribution < -0.4 is 5.43 Å². The van der Waals surface area contributed by atoms with E-state index >= 15 is 0 Å². The third kappa shape index (κ3) is 2.73. The summed E-state index contributed by atoms with van der Waals surface area (Å²) in [6, 6.07) is 13.6. The van der Waals surface area contributed by atoms with Crippen LogP contribution in [0.15, 0.2) is 58.2 Å². The summed E-state index contributed by atoms with van der Waals surface area (Å²) in [7, 11) is 0. The van der Waals surface area contributed by atoms with Crippen LogP contribution in [0.25, 0.3) is 0 Å². The largest absolute Gasteiger partial charge is 0.463 e. The van der Waals surface area contributed by atoms with Gasteiger partial charge in [-0.25, -0.2) is 5.43 Å². The molecular weight excluding hydrogens is 240 g/mol. The van der Waals surface area contributed by atoms with Gasteiger partial charge in [0.15, 0.2) is 0 Å². The van der Waals surface area contributed by atoms with Gasteiger partial charge in [-0.3, -0.25) is 4.79 Å². The SMILES string of the molecule is O=C(NN=Cc1ccco1)[C@H]1C[C@H]1c1ccccc1. The van der Waals surface area contributed by atoms with E-state index in [9.17, 15) is 4.79 Å². The molecule has 1 aromatic carbocycles. The Hall–Kier alpha value is -2.36. The molecule has 96 valence electrons. The first-order valence-electron chi connectivity index (χ1n) is 6.26. The van der Waals surface area contributed by atoms with Gasteiger partial charge in [-0.15, -0.1) is 0 Å². The first kappa shape index (κ1) is 11.7. The number of hydrogen-bond donors (Lipinski definition) is 1. The molecule has 1 heterocycles. The van der Waals surface area contributed by atoms with Gasteiger partial charge in [0.2, 0.25) is 5.91 Å². The number of carbonyl (C=O) groups excluding carboxylic acids is 1. The zero-order chi connectivity index (χ0) is 13.1. The van der Waals surface area contributed by atoms with E-state index in [4.69, 9.17) is 4.42 Å². The summed E-state index contributed by atoms with van der Waals surface area (Å²) in [5.74, 6) is 0.962. The lowest BCUT2D eigenvalue weighted by atomic mass is 10.1. The van der Waals surface area contributed by atoms with Crippen LogP contribution in [0, 0.1) is 5.92 Å². The summed E-state index contributed by atoms with van der Waals surface area (Å²) in [5, 5.41) is 3.88. The Morgan fingerprint density at radius 3 is 2.84 bits per heavy atom. The number of nitrogens with zero attached hydrogens (tertiary/aromatic N) is 1. The highest BCUT2D eigenvalue weighted by Gasteiger charge is 2.43. The van der Waals surface area contributed by atoms with E-state index in [2.05, 4.69) is 22.7 Å². The standard InChI is InChI=1S/C15H14N2O2/c18-15(17-16-10-12-7-4-8-19-12)14-9-13(14)11-5-2-1-3-6-11/h1-8,10,13-14H,9H2,(H,17,18)/t13-,14-/m0/s1. The first-order valence-corrected chi connectivity index (χ1v) is 6.26. The third-order valence-electron chi connectivity index (χ3n) is 3.26. The fourth-order valence-electron chi connectivity index (χ4n) is 2.16. The Kier molecular flexibility index (Phi) is 3.14. The van der Waals surface area contributed by atoms with Crippen molar-refractivity contribution in [2.45, 2.75) is 12.3 Å². The van der Waals surface area contributed by atoms with Gasteiger partial charge in [-0.1, -0.05) is 30.3 Å². The number of rotatable bonds is 4. The fourth-order valence-corrected chi connectivity index (χ4v) is 2.16. The molecule has 1 fully saturated rings. The molecule has 0 unspecified atom stereocenters. The number of hydrogen-bond acceptors (Lipinski definition) is 3. The topological polar surface area (TPSA) is 54.6 Å². The van der Waals surface area contributed by atoms with Crippen LogP contribution in [0.5, 0.6) is 0 Å². The number of benzene rings is 1. The number of amides is 1. The second kappa shape index (κ2) is 5.10. The van der Waals surface area contributed by atoms with Crippen molar-refractivity contribution in [3.63, 3.8) is 0 Å². The third-order valence-corrected chi connectivity index (χ3v) is 3.26. The van der Waals surface area contributed by atoms with Gasteiger partial charge in [-0.05, 0) is 30.0 Å². The highest BCUT2D eigenvalue weighted by Crippen LogP contribution is 2.47. The molecular formula is C15H14N2O2. The van der Waals surface area contributed by atoms with Crippen LogP contribution >= 0.6 is 0 Å². The average molecular weight is 254 g/mol. The average Bonchev–Trinajstić information content (AvgIpc) is 3.09. The molecule has 2 atom stereocenters. The fraction of sp³-hybridized carbons (Fsp3) is 0.200. The maximum Gasteiger partial charge on any atom is 0.243 e. The Morgan fingerprint density at radius 2 is 2.11 bits per heavy atom. The maximum absolute atomic E-state index is 11.9. The molecule has 0 spiro atoms. The molecule has 1 aliphatic rings. The normalized spacial score (nSPS) is 21.5. The summed E-state index contributed by atoms with van der Waals surface area (Å²) in [6.07, 6.45) is 3.96. The number of hydrazone groups is 1. The van der Waals surface area contributed by atoms with Crippen LogP contribution in [-0.4, -0.2) is 12.1 Å². The summed E-state index contributed by atoms with van der Waals surface area (Å²) in [6.45, 7) is 0. The number of carbonyl (C=O) groups is 1. The van der Waals surface area contributed by atoms with Crippen molar-refractivity contribution in [2.24, 2.45) is 11.0 Å². The first-order chi connectivity index (χ1) is 9.34. The van der Waals surface area contributed by atoms with Gasteiger partial charge in [0.1, 0.15) is 5.76 Å². The van der Waals surface area contributed by atoms with Crippen LogP contribution in [-0.2, 0) is 4.79 Å². The van der Waals surface area contributed by atoms with Crippen molar-refractivity contribution in [1.82, 2.24) is 5.43 Å². The van der Waals surface area contributed by atoms with Crippen molar-refractivity contribution in [1.29, 1.82) is 0 Å². The molecule has 4 heteroatoms. The van der Waals surface area contributed by atoms with Gasteiger partial charge in [0, 0.05) is 5.92 Å². The van der Waals surface area contributed by atoms with E-state index in [0.29, 0.717) is 11.7 Å².